The topological polar surface area (TPSA) is 78.9 Å². The van der Waals surface area contributed by atoms with Crippen LogP contribution in [-0.4, -0.2) is 37.2 Å². The molecule has 1 atom stereocenters. The van der Waals surface area contributed by atoms with E-state index in [2.05, 4.69) is 167 Å². The molecule has 0 saturated carbocycles. The smallest absolute Gasteiger partial charge is 0.306 e. The van der Waals surface area contributed by atoms with E-state index in [1.165, 1.54) is 96.3 Å². The van der Waals surface area contributed by atoms with Gasteiger partial charge in [-0.05, 0) is 148 Å². The van der Waals surface area contributed by atoms with Crippen molar-refractivity contribution in [1.29, 1.82) is 0 Å². The molecule has 452 valence electrons. The summed E-state index contributed by atoms with van der Waals surface area (Å²) in [6.07, 6.45) is 95.7. The maximum Gasteiger partial charge on any atom is 0.306 e. The average molecular weight is 1110 g/mol. The van der Waals surface area contributed by atoms with Crippen LogP contribution in [0.1, 0.15) is 284 Å². The SMILES string of the molecule is CC/C=C\C/C=C\C/C=C\C/C=C\C/C=C\C/C=C\C/C=C\C/C=C\C/C=C\C/C=C\CCCCC(=O)OCC(COC(=O)CCCCCCC/C=C\CCCCCCC)OC(=O)CCCCCCC/C=C\CCCCCCCC. The Kier molecular flexibility index (Phi) is 62.9. The van der Waals surface area contributed by atoms with Crippen LogP contribution in [-0.2, 0) is 28.6 Å². The van der Waals surface area contributed by atoms with Crippen LogP contribution in [0, 0.1) is 0 Å². The van der Waals surface area contributed by atoms with Gasteiger partial charge in [0.2, 0.25) is 0 Å². The fourth-order valence-electron chi connectivity index (χ4n) is 8.64. The molecule has 0 amide bonds. The van der Waals surface area contributed by atoms with Crippen LogP contribution in [0.2, 0.25) is 0 Å². The molecule has 0 spiro atoms. The van der Waals surface area contributed by atoms with Gasteiger partial charge in [-0.2, -0.15) is 0 Å². The van der Waals surface area contributed by atoms with Crippen molar-refractivity contribution in [1.82, 2.24) is 0 Å². The van der Waals surface area contributed by atoms with Gasteiger partial charge in [0.1, 0.15) is 13.2 Å². The first-order valence-corrected chi connectivity index (χ1v) is 32.8. The standard InChI is InChI=1S/C74H120O6/c1-4-7-10-13-16-19-22-25-28-29-30-31-32-33-34-35-36-37-38-39-40-41-42-43-44-45-47-49-52-55-58-61-64-67-73(76)79-70-71(69-78-72(75)66-63-60-57-54-51-48-27-24-21-18-15-12-9-6-3)80-74(77)68-65-62-59-56-53-50-46-26-23-20-17-14-11-8-5-2/h7,10,16,19,24-28,30-31,33-34,36-37,39-40,42-43,45-47,52,55,71H,4-6,8-9,11-15,17-18,20-23,29,32,35,38,41,44,48-51,53-54,56-70H2,1-3H3/b10-7-,19-16-,27-24-,28-25-,31-30-,34-33-,37-36-,40-39-,43-42-,46-26-,47-45-,55-52-. The lowest BCUT2D eigenvalue weighted by Gasteiger charge is -2.18. The third-order valence-electron chi connectivity index (χ3n) is 13.5. The number of ether oxygens (including phenoxy) is 3. The van der Waals surface area contributed by atoms with Gasteiger partial charge in [0.25, 0.3) is 0 Å². The molecule has 0 N–H and O–H groups in total. The molecule has 0 radical (unpaired) electrons. The normalized spacial score (nSPS) is 13.1. The Labute approximate surface area is 493 Å². The summed E-state index contributed by atoms with van der Waals surface area (Å²) in [5.74, 6) is -0.965. The monoisotopic (exact) mass is 1100 g/mol. The summed E-state index contributed by atoms with van der Waals surface area (Å²) in [7, 11) is 0. The summed E-state index contributed by atoms with van der Waals surface area (Å²) in [5.41, 5.74) is 0. The highest BCUT2D eigenvalue weighted by molar-refractivity contribution is 5.71. The van der Waals surface area contributed by atoms with Gasteiger partial charge in [-0.25, -0.2) is 0 Å². The molecule has 0 aromatic rings. The van der Waals surface area contributed by atoms with Gasteiger partial charge in [0.15, 0.2) is 6.10 Å². The summed E-state index contributed by atoms with van der Waals surface area (Å²) in [6.45, 7) is 6.46. The Morgan fingerprint density at radius 3 is 0.800 bits per heavy atom. The number of rotatable bonds is 58. The molecule has 0 bridgehead atoms. The van der Waals surface area contributed by atoms with Crippen molar-refractivity contribution in [2.24, 2.45) is 0 Å². The van der Waals surface area contributed by atoms with E-state index in [-0.39, 0.29) is 31.1 Å². The van der Waals surface area contributed by atoms with Crippen LogP contribution < -0.4 is 0 Å². The molecule has 0 aromatic carbocycles. The summed E-state index contributed by atoms with van der Waals surface area (Å²) >= 11 is 0. The minimum atomic E-state index is -0.809. The maximum atomic E-state index is 12.9. The van der Waals surface area contributed by atoms with Crippen molar-refractivity contribution >= 4 is 17.9 Å². The molecule has 0 aromatic heterocycles. The fourth-order valence-corrected chi connectivity index (χ4v) is 8.64. The zero-order valence-corrected chi connectivity index (χ0v) is 51.8. The molecule has 0 aliphatic carbocycles. The van der Waals surface area contributed by atoms with E-state index in [9.17, 15) is 14.4 Å². The Morgan fingerprint density at radius 1 is 0.263 bits per heavy atom. The minimum Gasteiger partial charge on any atom is -0.462 e. The first-order valence-electron chi connectivity index (χ1n) is 32.8. The number of allylic oxidation sites excluding steroid dienone is 24. The summed E-state index contributed by atoms with van der Waals surface area (Å²) in [6, 6.07) is 0. The second-order valence-corrected chi connectivity index (χ2v) is 21.3. The van der Waals surface area contributed by atoms with Crippen LogP contribution >= 0.6 is 0 Å². The van der Waals surface area contributed by atoms with E-state index in [1.807, 2.05) is 0 Å². The molecule has 1 unspecified atom stereocenters. The zero-order chi connectivity index (χ0) is 57.8. The lowest BCUT2D eigenvalue weighted by molar-refractivity contribution is -0.167. The molecule has 0 aliphatic rings. The van der Waals surface area contributed by atoms with E-state index in [1.54, 1.807) is 0 Å². The van der Waals surface area contributed by atoms with Crippen LogP contribution in [0.15, 0.2) is 146 Å². The summed E-state index contributed by atoms with van der Waals surface area (Å²) in [5, 5.41) is 0. The van der Waals surface area contributed by atoms with Crippen molar-refractivity contribution in [3.05, 3.63) is 146 Å². The molecule has 0 saturated heterocycles. The molecule has 80 heavy (non-hydrogen) atoms. The van der Waals surface area contributed by atoms with Gasteiger partial charge in [0.05, 0.1) is 0 Å². The van der Waals surface area contributed by atoms with E-state index < -0.39 is 6.10 Å². The highest BCUT2D eigenvalue weighted by Crippen LogP contribution is 2.14. The predicted octanol–water partition coefficient (Wildman–Crippen LogP) is 22.7. The van der Waals surface area contributed by atoms with Gasteiger partial charge in [-0.15, -0.1) is 0 Å². The van der Waals surface area contributed by atoms with Gasteiger partial charge in [-0.1, -0.05) is 263 Å². The molecule has 0 aliphatic heterocycles. The first kappa shape index (κ1) is 75.3. The number of carbonyl (C=O) groups is 3. The van der Waals surface area contributed by atoms with Crippen molar-refractivity contribution in [2.75, 3.05) is 13.2 Å². The summed E-state index contributed by atoms with van der Waals surface area (Å²) < 4.78 is 16.9. The number of hydrogen-bond donors (Lipinski definition) is 0. The molecule has 6 nitrogen and oxygen atoms in total. The van der Waals surface area contributed by atoms with E-state index >= 15 is 0 Å². The third-order valence-corrected chi connectivity index (χ3v) is 13.5. The van der Waals surface area contributed by atoms with Gasteiger partial charge in [0, 0.05) is 19.3 Å². The van der Waals surface area contributed by atoms with Crippen LogP contribution in [0.25, 0.3) is 0 Å². The molecule has 0 fully saturated rings. The van der Waals surface area contributed by atoms with Crippen molar-refractivity contribution in [3.63, 3.8) is 0 Å². The zero-order valence-electron chi connectivity index (χ0n) is 51.8. The van der Waals surface area contributed by atoms with Crippen LogP contribution in [0.4, 0.5) is 0 Å². The van der Waals surface area contributed by atoms with Crippen molar-refractivity contribution < 1.29 is 28.6 Å². The van der Waals surface area contributed by atoms with Crippen molar-refractivity contribution in [3.8, 4) is 0 Å². The number of esters is 3. The van der Waals surface area contributed by atoms with Gasteiger partial charge in [-0.3, -0.25) is 14.4 Å². The van der Waals surface area contributed by atoms with Gasteiger partial charge >= 0.3 is 17.9 Å². The van der Waals surface area contributed by atoms with E-state index in [4.69, 9.17) is 14.2 Å². The molecule has 6 heteroatoms. The highest BCUT2D eigenvalue weighted by atomic mass is 16.6. The molecule has 0 heterocycles. The highest BCUT2D eigenvalue weighted by Gasteiger charge is 2.19. The van der Waals surface area contributed by atoms with E-state index in [0.29, 0.717) is 25.7 Å². The third kappa shape index (κ3) is 64.1. The quantitative estimate of drug-likeness (QED) is 0.0261. The number of unbranched alkanes of at least 4 members (excludes halogenated alkanes) is 23. The van der Waals surface area contributed by atoms with Gasteiger partial charge < -0.3 is 14.2 Å². The number of carbonyl (C=O) groups excluding carboxylic acids is 3. The average Bonchev–Trinajstić information content (AvgIpc) is 3.46. The molecular formula is C74H120O6. The molecule has 0 rings (SSSR count). The predicted molar refractivity (Wildman–Crippen MR) is 348 cm³/mol. The van der Waals surface area contributed by atoms with Crippen LogP contribution in [0.5, 0.6) is 0 Å². The molecular weight excluding hydrogens is 985 g/mol. The Bertz CT molecular complexity index is 1750. The lowest BCUT2D eigenvalue weighted by atomic mass is 10.1. The van der Waals surface area contributed by atoms with E-state index in [0.717, 1.165) is 141 Å². The Morgan fingerprint density at radius 2 is 0.487 bits per heavy atom. The fraction of sp³-hybridized carbons (Fsp3) is 0.635. The second kappa shape index (κ2) is 66.8. The van der Waals surface area contributed by atoms with Crippen LogP contribution in [0.3, 0.4) is 0 Å². The second-order valence-electron chi connectivity index (χ2n) is 21.3. The lowest BCUT2D eigenvalue weighted by Crippen LogP contribution is -2.30. The Balaban J connectivity index is 4.40. The first-order chi connectivity index (χ1) is 39.5. The van der Waals surface area contributed by atoms with Crippen molar-refractivity contribution in [2.45, 2.75) is 290 Å². The minimum absolute atomic E-state index is 0.103. The largest absolute Gasteiger partial charge is 0.462 e. The number of hydrogen-bond acceptors (Lipinski definition) is 6. The summed E-state index contributed by atoms with van der Waals surface area (Å²) in [4.78, 5) is 38.3. The maximum absolute atomic E-state index is 12.9. The Hall–Kier alpha value is -4.71.